The minimum Gasteiger partial charge on any atom is -0.479 e. The van der Waals surface area contributed by atoms with E-state index in [1.54, 1.807) is 41.2 Å². The van der Waals surface area contributed by atoms with E-state index in [9.17, 15) is 19.8 Å². The van der Waals surface area contributed by atoms with E-state index in [-0.39, 0.29) is 18.3 Å². The Balaban J connectivity index is 1.38. The minimum absolute atomic E-state index is 0.0745. The van der Waals surface area contributed by atoms with Gasteiger partial charge in [0.15, 0.2) is 17.0 Å². The van der Waals surface area contributed by atoms with Gasteiger partial charge in [0.1, 0.15) is 6.23 Å². The van der Waals surface area contributed by atoms with Gasteiger partial charge in [-0.05, 0) is 36.4 Å². The van der Waals surface area contributed by atoms with Crippen LogP contribution in [0.15, 0.2) is 36.7 Å². The van der Waals surface area contributed by atoms with Crippen molar-refractivity contribution in [3.63, 3.8) is 0 Å². The first-order chi connectivity index (χ1) is 18.7. The molecule has 0 radical (unpaired) electrons. The number of nitrogens with zero attached hydrogens (tertiary/aromatic N) is 5. The van der Waals surface area contributed by atoms with Crippen LogP contribution in [0.2, 0.25) is 5.28 Å². The zero-order valence-corrected chi connectivity index (χ0v) is 22.0. The molecule has 3 heterocycles. The predicted octanol–water partition coefficient (Wildman–Crippen LogP) is 3.17. The predicted molar refractivity (Wildman–Crippen MR) is 141 cm³/mol. The number of anilines is 1. The number of fused-ring (bicyclic) bond motifs is 1. The Hall–Kier alpha value is -3.72. The topological polar surface area (TPSA) is 140 Å². The second-order valence-corrected chi connectivity index (χ2v) is 10.2. The molecule has 1 aromatic carbocycles. The highest BCUT2D eigenvalue weighted by Crippen LogP contribution is 2.38. The molecule has 1 saturated carbocycles. The van der Waals surface area contributed by atoms with E-state index in [0.717, 1.165) is 19.3 Å². The molecule has 39 heavy (non-hydrogen) atoms. The fourth-order valence-corrected chi connectivity index (χ4v) is 5.20. The van der Waals surface area contributed by atoms with Crippen LogP contribution in [-0.2, 0) is 25.5 Å². The van der Waals surface area contributed by atoms with Crippen LogP contribution in [0.4, 0.5) is 5.82 Å². The van der Waals surface area contributed by atoms with Crippen molar-refractivity contribution in [2.45, 2.75) is 56.1 Å². The largest absolute Gasteiger partial charge is 0.479 e. The zero-order valence-electron chi connectivity index (χ0n) is 21.2. The highest BCUT2D eigenvalue weighted by molar-refractivity contribution is 6.28. The lowest BCUT2D eigenvalue weighted by Crippen LogP contribution is -2.52. The van der Waals surface area contributed by atoms with Crippen molar-refractivity contribution >= 4 is 40.5 Å². The standard InChI is InChI=1S/C27H28ClN5O6/c1-3-17-12-20(33-15-29-21-22(30-26(28)31-23(21)33)32(2)18-10-7-11-18)39-19(17)14-38-27(24(34)35,25(36)37)13-16-8-5-4-6-9-16/h1,4-6,8-9,15,17-20H,7,10-14H2,2H3,(H,34,35)(H,36,37). The molecule has 2 N–H and O–H groups in total. The fourth-order valence-electron chi connectivity index (χ4n) is 5.04. The summed E-state index contributed by atoms with van der Waals surface area (Å²) in [6.07, 6.45) is 9.29. The normalized spacial score (nSPS) is 21.4. The zero-order chi connectivity index (χ0) is 27.7. The van der Waals surface area contributed by atoms with E-state index in [4.69, 9.17) is 27.5 Å². The number of ether oxygens (including phenoxy) is 2. The molecule has 0 bridgehead atoms. The summed E-state index contributed by atoms with van der Waals surface area (Å²) in [4.78, 5) is 39.8. The first-order valence-electron chi connectivity index (χ1n) is 12.6. The third kappa shape index (κ3) is 5.03. The van der Waals surface area contributed by atoms with Gasteiger partial charge in [0, 0.05) is 25.9 Å². The van der Waals surface area contributed by atoms with Crippen LogP contribution in [0.25, 0.3) is 11.2 Å². The van der Waals surface area contributed by atoms with Gasteiger partial charge < -0.3 is 24.6 Å². The number of aliphatic carboxylic acids is 2. The van der Waals surface area contributed by atoms with E-state index in [1.165, 1.54) is 0 Å². The number of halogens is 1. The first kappa shape index (κ1) is 26.9. The van der Waals surface area contributed by atoms with Crippen molar-refractivity contribution in [1.29, 1.82) is 0 Å². The minimum atomic E-state index is -2.51. The van der Waals surface area contributed by atoms with Gasteiger partial charge in [0.25, 0.3) is 5.60 Å². The van der Waals surface area contributed by atoms with E-state index >= 15 is 0 Å². The molecular weight excluding hydrogens is 526 g/mol. The second-order valence-electron chi connectivity index (χ2n) is 9.88. The van der Waals surface area contributed by atoms with Gasteiger partial charge in [0.2, 0.25) is 5.28 Å². The summed E-state index contributed by atoms with van der Waals surface area (Å²) in [5.41, 5.74) is -0.947. The Morgan fingerprint density at radius 3 is 2.59 bits per heavy atom. The monoisotopic (exact) mass is 553 g/mol. The van der Waals surface area contributed by atoms with Crippen LogP contribution in [0.3, 0.4) is 0 Å². The number of rotatable bonds is 10. The molecule has 5 rings (SSSR count). The summed E-state index contributed by atoms with van der Waals surface area (Å²) in [5.74, 6) is -0.392. The molecule has 1 aliphatic carbocycles. The summed E-state index contributed by atoms with van der Waals surface area (Å²) in [5, 5.41) is 19.9. The van der Waals surface area contributed by atoms with Crippen LogP contribution in [-0.4, -0.2) is 73.1 Å². The van der Waals surface area contributed by atoms with Gasteiger partial charge in [-0.1, -0.05) is 30.3 Å². The van der Waals surface area contributed by atoms with Crippen LogP contribution in [0.5, 0.6) is 0 Å². The average molecular weight is 554 g/mol. The maximum atomic E-state index is 12.2. The Bertz CT molecular complexity index is 1410. The highest BCUT2D eigenvalue weighted by Gasteiger charge is 2.50. The lowest BCUT2D eigenvalue weighted by molar-refractivity contribution is -0.188. The summed E-state index contributed by atoms with van der Waals surface area (Å²) < 4.78 is 13.6. The Labute approximate surface area is 229 Å². The number of carboxylic acids is 2. The Kier molecular flexibility index (Phi) is 7.44. The van der Waals surface area contributed by atoms with Crippen molar-refractivity contribution in [3.8, 4) is 12.3 Å². The molecule has 2 aliphatic rings. The van der Waals surface area contributed by atoms with E-state index < -0.39 is 35.8 Å². The summed E-state index contributed by atoms with van der Waals surface area (Å²) in [6.45, 7) is -0.338. The number of imidazole rings is 1. The van der Waals surface area contributed by atoms with E-state index in [0.29, 0.717) is 35.0 Å². The molecular formula is C27H28ClN5O6. The van der Waals surface area contributed by atoms with Gasteiger partial charge in [-0.15, -0.1) is 12.3 Å². The molecule has 2 aromatic heterocycles. The van der Waals surface area contributed by atoms with Crippen molar-refractivity contribution in [2.24, 2.45) is 5.92 Å². The third-order valence-corrected chi connectivity index (χ3v) is 7.74. The molecule has 3 unspecified atom stereocenters. The lowest BCUT2D eigenvalue weighted by atomic mass is 9.92. The second kappa shape index (κ2) is 10.8. The van der Waals surface area contributed by atoms with Crippen molar-refractivity contribution in [2.75, 3.05) is 18.6 Å². The molecule has 11 nitrogen and oxygen atoms in total. The maximum absolute atomic E-state index is 12.2. The molecule has 0 amide bonds. The number of hydrogen-bond donors (Lipinski definition) is 2. The van der Waals surface area contributed by atoms with Crippen LogP contribution >= 0.6 is 11.6 Å². The summed E-state index contributed by atoms with van der Waals surface area (Å²) in [7, 11) is 1.96. The van der Waals surface area contributed by atoms with E-state index in [1.807, 2.05) is 7.05 Å². The maximum Gasteiger partial charge on any atom is 0.348 e. The Morgan fingerprint density at radius 2 is 1.97 bits per heavy atom. The average Bonchev–Trinajstić information content (AvgIpc) is 3.48. The lowest BCUT2D eigenvalue weighted by Gasteiger charge is -2.35. The number of terminal acetylenes is 1. The highest BCUT2D eigenvalue weighted by atomic mass is 35.5. The molecule has 12 heteroatoms. The number of hydrogen-bond acceptors (Lipinski definition) is 8. The van der Waals surface area contributed by atoms with Crippen LogP contribution in [0.1, 0.15) is 37.5 Å². The fraction of sp³-hybridized carbons (Fsp3) is 0.444. The molecule has 2 fully saturated rings. The molecule has 1 aliphatic heterocycles. The van der Waals surface area contributed by atoms with Gasteiger partial charge in [-0.25, -0.2) is 14.6 Å². The van der Waals surface area contributed by atoms with Gasteiger partial charge in [0.05, 0.1) is 25.0 Å². The molecule has 204 valence electrons. The number of aromatic nitrogens is 4. The molecule has 1 saturated heterocycles. The number of carboxylic acid groups (broad SMARTS) is 2. The van der Waals surface area contributed by atoms with Crippen molar-refractivity contribution in [3.05, 3.63) is 47.5 Å². The smallest absolute Gasteiger partial charge is 0.348 e. The van der Waals surface area contributed by atoms with Crippen molar-refractivity contribution < 1.29 is 29.3 Å². The van der Waals surface area contributed by atoms with Gasteiger partial charge in [-0.2, -0.15) is 9.97 Å². The van der Waals surface area contributed by atoms with Crippen molar-refractivity contribution in [1.82, 2.24) is 19.5 Å². The molecule has 3 aromatic rings. The third-order valence-electron chi connectivity index (χ3n) is 7.57. The summed E-state index contributed by atoms with van der Waals surface area (Å²) >= 11 is 6.29. The van der Waals surface area contributed by atoms with Gasteiger partial charge in [-0.3, -0.25) is 4.57 Å². The number of carbonyl (C=O) groups is 2. The van der Waals surface area contributed by atoms with Crippen LogP contribution < -0.4 is 4.90 Å². The molecule has 3 atom stereocenters. The first-order valence-corrected chi connectivity index (χ1v) is 13.0. The molecule has 0 spiro atoms. The van der Waals surface area contributed by atoms with Crippen LogP contribution in [0, 0.1) is 18.3 Å². The number of benzene rings is 1. The van der Waals surface area contributed by atoms with E-state index in [2.05, 4.69) is 25.8 Å². The SMILES string of the molecule is C#CC1CC(n2cnc3c(N(C)C4CCC4)nc(Cl)nc32)OC1COC(Cc1ccccc1)(C(=O)O)C(=O)O. The van der Waals surface area contributed by atoms with Gasteiger partial charge >= 0.3 is 11.9 Å². The Morgan fingerprint density at radius 1 is 1.26 bits per heavy atom. The summed E-state index contributed by atoms with van der Waals surface area (Å²) in [6, 6.07) is 8.80. The quantitative estimate of drug-likeness (QED) is 0.218.